The topological polar surface area (TPSA) is 75.7 Å². The summed E-state index contributed by atoms with van der Waals surface area (Å²) >= 11 is 0. The molecule has 0 bridgehead atoms. The SMILES string of the molecule is CC(C)(O)CN=CC=C(N)c1cc(F)c(C=O)c(F)c1. The second-order valence-electron chi connectivity index (χ2n) is 4.90. The van der Waals surface area contributed by atoms with Gasteiger partial charge in [0.15, 0.2) is 6.29 Å². The van der Waals surface area contributed by atoms with Crippen molar-refractivity contribution in [3.63, 3.8) is 0 Å². The Morgan fingerprint density at radius 2 is 1.95 bits per heavy atom. The first kappa shape index (κ1) is 16.0. The smallest absolute Gasteiger partial charge is 0.155 e. The normalized spacial score (nSPS) is 12.9. The average Bonchev–Trinajstić information content (AvgIpc) is 2.32. The number of hydrogen-bond acceptors (Lipinski definition) is 4. The van der Waals surface area contributed by atoms with E-state index >= 15 is 0 Å². The Bertz CT molecular complexity index is 538. The molecule has 0 aliphatic rings. The number of nitrogens with zero attached hydrogens (tertiary/aromatic N) is 1. The maximum absolute atomic E-state index is 13.4. The van der Waals surface area contributed by atoms with E-state index in [9.17, 15) is 18.7 Å². The minimum absolute atomic E-state index is 0.0970. The molecular weight excluding hydrogens is 266 g/mol. The van der Waals surface area contributed by atoms with Crippen molar-refractivity contribution in [2.24, 2.45) is 10.7 Å². The molecule has 0 fully saturated rings. The summed E-state index contributed by atoms with van der Waals surface area (Å²) in [5.41, 5.74) is 4.30. The van der Waals surface area contributed by atoms with Crippen LogP contribution in [0.15, 0.2) is 23.2 Å². The molecule has 0 spiro atoms. The largest absolute Gasteiger partial charge is 0.398 e. The van der Waals surface area contributed by atoms with Crippen LogP contribution in [0, 0.1) is 11.6 Å². The van der Waals surface area contributed by atoms with Crippen molar-refractivity contribution < 1.29 is 18.7 Å². The Morgan fingerprint density at radius 3 is 2.40 bits per heavy atom. The van der Waals surface area contributed by atoms with Gasteiger partial charge in [-0.25, -0.2) is 8.78 Å². The predicted octanol–water partition coefficient (Wildman–Crippen LogP) is 1.92. The van der Waals surface area contributed by atoms with Crippen molar-refractivity contribution in [2.75, 3.05) is 6.54 Å². The molecule has 0 aliphatic carbocycles. The summed E-state index contributed by atoms with van der Waals surface area (Å²) in [4.78, 5) is 14.4. The van der Waals surface area contributed by atoms with Gasteiger partial charge in [0.1, 0.15) is 11.6 Å². The summed E-state index contributed by atoms with van der Waals surface area (Å²) in [7, 11) is 0. The molecule has 1 aromatic rings. The number of aliphatic hydroxyl groups is 1. The molecule has 0 amide bonds. The fourth-order valence-electron chi connectivity index (χ4n) is 1.37. The van der Waals surface area contributed by atoms with Crippen LogP contribution in [0.2, 0.25) is 0 Å². The lowest BCUT2D eigenvalue weighted by Crippen LogP contribution is -2.22. The molecule has 0 radical (unpaired) electrons. The van der Waals surface area contributed by atoms with E-state index in [0.29, 0.717) is 0 Å². The molecule has 1 aromatic carbocycles. The number of aliphatic imine (C=N–C) groups is 1. The molecule has 0 aromatic heterocycles. The summed E-state index contributed by atoms with van der Waals surface area (Å²) < 4.78 is 26.8. The first-order chi connectivity index (χ1) is 9.24. The summed E-state index contributed by atoms with van der Waals surface area (Å²) in [6, 6.07) is 1.95. The number of carbonyl (C=O) groups excluding carboxylic acids is 1. The van der Waals surface area contributed by atoms with E-state index in [2.05, 4.69) is 4.99 Å². The third kappa shape index (κ3) is 4.55. The Labute approximate surface area is 115 Å². The highest BCUT2D eigenvalue weighted by Crippen LogP contribution is 2.17. The van der Waals surface area contributed by atoms with Gasteiger partial charge in [0, 0.05) is 17.5 Å². The molecule has 4 nitrogen and oxygen atoms in total. The van der Waals surface area contributed by atoms with E-state index in [-0.39, 0.29) is 24.1 Å². The van der Waals surface area contributed by atoms with Crippen LogP contribution in [0.3, 0.4) is 0 Å². The molecule has 3 N–H and O–H groups in total. The van der Waals surface area contributed by atoms with Gasteiger partial charge >= 0.3 is 0 Å². The molecule has 1 rings (SSSR count). The monoisotopic (exact) mass is 282 g/mol. The van der Waals surface area contributed by atoms with Crippen LogP contribution < -0.4 is 5.73 Å². The molecule has 108 valence electrons. The lowest BCUT2D eigenvalue weighted by molar-refractivity contribution is 0.0906. The van der Waals surface area contributed by atoms with E-state index in [1.54, 1.807) is 13.8 Å². The van der Waals surface area contributed by atoms with Crippen molar-refractivity contribution in [1.82, 2.24) is 0 Å². The molecule has 0 saturated heterocycles. The van der Waals surface area contributed by atoms with Gasteiger partial charge in [0.25, 0.3) is 0 Å². The van der Waals surface area contributed by atoms with Crippen LogP contribution >= 0.6 is 0 Å². The maximum Gasteiger partial charge on any atom is 0.155 e. The number of rotatable bonds is 5. The third-order valence-corrected chi connectivity index (χ3v) is 2.37. The molecular formula is C14H16F2N2O2. The average molecular weight is 282 g/mol. The molecule has 0 unspecified atom stereocenters. The van der Waals surface area contributed by atoms with Crippen molar-refractivity contribution in [3.05, 3.63) is 41.0 Å². The summed E-state index contributed by atoms with van der Waals surface area (Å²) in [6.07, 6.45) is 2.82. The van der Waals surface area contributed by atoms with Gasteiger partial charge in [0.05, 0.1) is 17.7 Å². The van der Waals surface area contributed by atoms with Crippen LogP contribution in [0.1, 0.15) is 29.8 Å². The number of allylic oxidation sites excluding steroid dienone is 1. The molecule has 0 heterocycles. The minimum Gasteiger partial charge on any atom is -0.398 e. The Hall–Kier alpha value is -2.08. The Kier molecular flexibility index (Phi) is 5.10. The number of hydrogen-bond donors (Lipinski definition) is 2. The van der Waals surface area contributed by atoms with E-state index in [0.717, 1.165) is 12.1 Å². The zero-order chi connectivity index (χ0) is 15.3. The molecule has 0 saturated carbocycles. The van der Waals surface area contributed by atoms with Crippen molar-refractivity contribution >= 4 is 18.2 Å². The van der Waals surface area contributed by atoms with Gasteiger partial charge in [-0.1, -0.05) is 0 Å². The Balaban J connectivity index is 2.93. The zero-order valence-corrected chi connectivity index (χ0v) is 11.2. The van der Waals surface area contributed by atoms with Crippen molar-refractivity contribution in [2.45, 2.75) is 19.4 Å². The van der Waals surface area contributed by atoms with Crippen LogP contribution in [-0.2, 0) is 0 Å². The molecule has 6 heteroatoms. The molecule has 0 aliphatic heterocycles. The van der Waals surface area contributed by atoms with Crippen LogP contribution in [0.5, 0.6) is 0 Å². The predicted molar refractivity (Wildman–Crippen MR) is 73.6 cm³/mol. The fraction of sp³-hybridized carbons (Fsp3) is 0.286. The summed E-state index contributed by atoms with van der Waals surface area (Å²) in [5.74, 6) is -1.94. The number of nitrogens with two attached hydrogens (primary N) is 1. The van der Waals surface area contributed by atoms with E-state index in [4.69, 9.17) is 5.73 Å². The lowest BCUT2D eigenvalue weighted by atomic mass is 10.1. The third-order valence-electron chi connectivity index (χ3n) is 2.37. The van der Waals surface area contributed by atoms with E-state index < -0.39 is 22.8 Å². The zero-order valence-electron chi connectivity index (χ0n) is 11.2. The number of halogens is 2. The van der Waals surface area contributed by atoms with E-state index in [1.165, 1.54) is 12.3 Å². The van der Waals surface area contributed by atoms with Gasteiger partial charge in [-0.15, -0.1) is 0 Å². The summed E-state index contributed by atoms with van der Waals surface area (Å²) in [5, 5.41) is 9.43. The number of benzene rings is 1. The van der Waals surface area contributed by atoms with Gasteiger partial charge in [0.2, 0.25) is 0 Å². The highest BCUT2D eigenvalue weighted by molar-refractivity contribution is 5.84. The quantitative estimate of drug-likeness (QED) is 0.640. The van der Waals surface area contributed by atoms with Crippen LogP contribution in [0.4, 0.5) is 8.78 Å². The lowest BCUT2D eigenvalue weighted by Gasteiger charge is -2.12. The number of carbonyl (C=O) groups is 1. The Morgan fingerprint density at radius 1 is 1.40 bits per heavy atom. The van der Waals surface area contributed by atoms with Crippen LogP contribution in [0.25, 0.3) is 5.70 Å². The van der Waals surface area contributed by atoms with Crippen molar-refractivity contribution in [3.8, 4) is 0 Å². The van der Waals surface area contributed by atoms with Gasteiger partial charge < -0.3 is 10.8 Å². The number of aldehydes is 1. The first-order valence-electron chi connectivity index (χ1n) is 5.87. The minimum atomic E-state index is -0.972. The van der Waals surface area contributed by atoms with Crippen LogP contribution in [-0.4, -0.2) is 29.8 Å². The van der Waals surface area contributed by atoms with Gasteiger partial charge in [-0.05, 0) is 32.1 Å². The van der Waals surface area contributed by atoms with Gasteiger partial charge in [-0.2, -0.15) is 0 Å². The fourth-order valence-corrected chi connectivity index (χ4v) is 1.37. The second kappa shape index (κ2) is 6.38. The van der Waals surface area contributed by atoms with Crippen molar-refractivity contribution in [1.29, 1.82) is 0 Å². The highest BCUT2D eigenvalue weighted by atomic mass is 19.1. The standard InChI is InChI=1S/C14H16F2N2O2/c1-14(2,20)8-18-4-3-13(17)9-5-11(15)10(7-19)12(16)6-9/h3-7,20H,8,17H2,1-2H3. The summed E-state index contributed by atoms with van der Waals surface area (Å²) in [6.45, 7) is 3.37. The highest BCUT2D eigenvalue weighted by Gasteiger charge is 2.11. The maximum atomic E-state index is 13.4. The first-order valence-corrected chi connectivity index (χ1v) is 5.87. The van der Waals surface area contributed by atoms with Gasteiger partial charge in [-0.3, -0.25) is 9.79 Å². The molecule has 0 atom stereocenters. The second-order valence-corrected chi connectivity index (χ2v) is 4.90. The molecule has 20 heavy (non-hydrogen) atoms. The van der Waals surface area contributed by atoms with E-state index in [1.807, 2.05) is 0 Å².